The van der Waals surface area contributed by atoms with E-state index in [1.807, 2.05) is 34.6 Å². The maximum Gasteiger partial charge on any atom is 0.262 e. The van der Waals surface area contributed by atoms with E-state index in [0.717, 1.165) is 0 Å². The number of anilines is 1. The smallest absolute Gasteiger partial charge is 0.262 e. The van der Waals surface area contributed by atoms with Crippen LogP contribution in [0.3, 0.4) is 0 Å². The van der Waals surface area contributed by atoms with Gasteiger partial charge in [0.05, 0.1) is 11.6 Å². The van der Waals surface area contributed by atoms with Gasteiger partial charge in [0, 0.05) is 53.5 Å². The largest absolute Gasteiger partial charge is 0.490 e. The van der Waals surface area contributed by atoms with Crippen molar-refractivity contribution in [3.05, 3.63) is 74.7 Å². The van der Waals surface area contributed by atoms with Crippen molar-refractivity contribution >= 4 is 46.4 Å². The van der Waals surface area contributed by atoms with Gasteiger partial charge in [0.1, 0.15) is 11.5 Å². The summed E-state index contributed by atoms with van der Waals surface area (Å²) in [7, 11) is 0. The lowest BCUT2D eigenvalue weighted by Crippen LogP contribution is -2.37. The molecule has 0 bridgehead atoms. The summed E-state index contributed by atoms with van der Waals surface area (Å²) in [6, 6.07) is 10.2. The Morgan fingerprint density at radius 1 is 0.905 bits per heavy atom. The minimum atomic E-state index is -0.630. The van der Waals surface area contributed by atoms with Crippen LogP contribution in [0.2, 0.25) is 10.0 Å². The SMILES string of the molecule is CCOc1cc(C2C3=C(CC(C)(C)CC3=O)OC3=C2C(=O)CC(C)(C)C3)cc(Cl)c1OCC(=O)Nc1ccc(Cl)cc1. The highest BCUT2D eigenvalue weighted by molar-refractivity contribution is 6.32. The number of hydrogen-bond donors (Lipinski definition) is 1. The molecule has 0 saturated heterocycles. The van der Waals surface area contributed by atoms with E-state index in [-0.39, 0.29) is 45.7 Å². The molecule has 0 radical (unpaired) electrons. The first-order valence-electron chi connectivity index (χ1n) is 14.1. The molecule has 0 saturated carbocycles. The molecule has 0 spiro atoms. The molecule has 3 aliphatic rings. The first kappa shape index (κ1) is 30.2. The Bertz CT molecular complexity index is 1470. The number of Topliss-reactive ketones (excluding diaryl/α,β-unsaturated/α-hetero) is 2. The predicted octanol–water partition coefficient (Wildman–Crippen LogP) is 7.81. The van der Waals surface area contributed by atoms with E-state index >= 15 is 0 Å². The summed E-state index contributed by atoms with van der Waals surface area (Å²) in [5.41, 5.74) is 1.72. The highest BCUT2D eigenvalue weighted by atomic mass is 35.5. The number of hydrogen-bond acceptors (Lipinski definition) is 6. The first-order valence-corrected chi connectivity index (χ1v) is 14.9. The van der Waals surface area contributed by atoms with Gasteiger partial charge in [0.2, 0.25) is 0 Å². The van der Waals surface area contributed by atoms with Crippen molar-refractivity contribution in [1.82, 2.24) is 0 Å². The molecular weight excluding hydrogens is 577 g/mol. The Kier molecular flexibility index (Phi) is 8.20. The maximum atomic E-state index is 13.6. The lowest BCUT2D eigenvalue weighted by atomic mass is 9.65. The standard InChI is InChI=1S/C33H35Cl2NO6/c1-6-40-24-12-18(11-21(35)31(24)41-17-27(39)36-20-9-7-19(34)8-10-20)28-29-22(37)13-32(2,3)15-25(29)42-26-16-33(4,5)14-23(38)30(26)28/h7-12,28H,6,13-17H2,1-5H3,(H,36,39). The van der Waals surface area contributed by atoms with Crippen molar-refractivity contribution in [1.29, 1.82) is 0 Å². The average Bonchev–Trinajstić information content (AvgIpc) is 2.87. The van der Waals surface area contributed by atoms with Crippen LogP contribution in [-0.2, 0) is 19.1 Å². The lowest BCUT2D eigenvalue weighted by molar-refractivity contribution is -0.120. The zero-order chi connectivity index (χ0) is 30.4. The van der Waals surface area contributed by atoms with Crippen LogP contribution < -0.4 is 14.8 Å². The van der Waals surface area contributed by atoms with Crippen molar-refractivity contribution in [3.8, 4) is 11.5 Å². The summed E-state index contributed by atoms with van der Waals surface area (Å²) < 4.78 is 18.2. The molecule has 0 fully saturated rings. The van der Waals surface area contributed by atoms with Gasteiger partial charge < -0.3 is 19.5 Å². The number of ether oxygens (including phenoxy) is 3. The van der Waals surface area contributed by atoms with Gasteiger partial charge in [-0.1, -0.05) is 50.9 Å². The van der Waals surface area contributed by atoms with Crippen molar-refractivity contribution in [3.63, 3.8) is 0 Å². The van der Waals surface area contributed by atoms with E-state index < -0.39 is 5.92 Å². The molecular formula is C33H35Cl2NO6. The number of benzene rings is 2. The number of nitrogens with one attached hydrogen (secondary N) is 1. The summed E-state index contributed by atoms with van der Waals surface area (Å²) in [5, 5.41) is 3.52. The van der Waals surface area contributed by atoms with Gasteiger partial charge in [-0.3, -0.25) is 14.4 Å². The van der Waals surface area contributed by atoms with Crippen LogP contribution in [0.5, 0.6) is 11.5 Å². The third-order valence-electron chi connectivity index (χ3n) is 7.72. The third-order valence-corrected chi connectivity index (χ3v) is 8.26. The quantitative estimate of drug-likeness (QED) is 0.343. The number of allylic oxidation sites excluding steroid dienone is 4. The molecule has 42 heavy (non-hydrogen) atoms. The molecule has 222 valence electrons. The van der Waals surface area contributed by atoms with E-state index in [2.05, 4.69) is 5.32 Å². The summed E-state index contributed by atoms with van der Waals surface area (Å²) in [4.78, 5) is 39.9. The lowest BCUT2D eigenvalue weighted by Gasteiger charge is -2.42. The minimum Gasteiger partial charge on any atom is -0.490 e. The zero-order valence-electron chi connectivity index (χ0n) is 24.5. The van der Waals surface area contributed by atoms with Crippen LogP contribution in [0.4, 0.5) is 5.69 Å². The monoisotopic (exact) mass is 611 g/mol. The number of ketones is 2. The molecule has 2 aromatic carbocycles. The minimum absolute atomic E-state index is 0.0382. The van der Waals surface area contributed by atoms with Crippen molar-refractivity contribution < 1.29 is 28.6 Å². The molecule has 1 heterocycles. The Morgan fingerprint density at radius 2 is 1.48 bits per heavy atom. The molecule has 1 N–H and O–H groups in total. The fourth-order valence-electron chi connectivity index (χ4n) is 6.03. The number of amides is 1. The molecule has 1 aliphatic heterocycles. The van der Waals surface area contributed by atoms with Gasteiger partial charge in [-0.05, 0) is 59.7 Å². The number of rotatable bonds is 7. The van der Waals surface area contributed by atoms with Gasteiger partial charge in [0.25, 0.3) is 5.91 Å². The Morgan fingerprint density at radius 3 is 2.02 bits per heavy atom. The highest BCUT2D eigenvalue weighted by Crippen LogP contribution is 2.54. The van der Waals surface area contributed by atoms with Crippen LogP contribution in [0.25, 0.3) is 0 Å². The summed E-state index contributed by atoms with van der Waals surface area (Å²) in [5.74, 6) is 0.679. The maximum absolute atomic E-state index is 13.6. The van der Waals surface area contributed by atoms with E-state index in [0.29, 0.717) is 77.0 Å². The first-order chi connectivity index (χ1) is 19.8. The highest BCUT2D eigenvalue weighted by Gasteiger charge is 2.48. The fourth-order valence-corrected chi connectivity index (χ4v) is 6.43. The average molecular weight is 613 g/mol. The van der Waals surface area contributed by atoms with Gasteiger partial charge in [-0.2, -0.15) is 0 Å². The second kappa shape index (κ2) is 11.4. The molecule has 1 amide bonds. The molecule has 0 unspecified atom stereocenters. The van der Waals surface area contributed by atoms with Gasteiger partial charge in [-0.15, -0.1) is 0 Å². The number of carbonyl (C=O) groups excluding carboxylic acids is 3. The van der Waals surface area contributed by atoms with Crippen molar-refractivity contribution in [2.75, 3.05) is 18.5 Å². The van der Waals surface area contributed by atoms with Crippen LogP contribution in [0.15, 0.2) is 59.1 Å². The molecule has 7 nitrogen and oxygen atoms in total. The Labute approximate surface area is 256 Å². The Balaban J connectivity index is 1.52. The topological polar surface area (TPSA) is 90.9 Å². The summed E-state index contributed by atoms with van der Waals surface area (Å²) >= 11 is 12.7. The van der Waals surface area contributed by atoms with Crippen molar-refractivity contribution in [2.45, 2.75) is 66.2 Å². The molecule has 5 rings (SSSR count). The number of halogens is 2. The van der Waals surface area contributed by atoms with Crippen LogP contribution in [0, 0.1) is 10.8 Å². The van der Waals surface area contributed by atoms with E-state index in [1.54, 1.807) is 36.4 Å². The van der Waals surface area contributed by atoms with Crippen molar-refractivity contribution in [2.24, 2.45) is 10.8 Å². The molecule has 0 atom stereocenters. The normalized spacial score (nSPS) is 19.6. The van der Waals surface area contributed by atoms with Crippen LogP contribution >= 0.6 is 23.2 Å². The molecule has 0 aromatic heterocycles. The third kappa shape index (κ3) is 6.23. The molecule has 2 aliphatic carbocycles. The predicted molar refractivity (Wildman–Crippen MR) is 162 cm³/mol. The second-order valence-corrected chi connectivity index (χ2v) is 13.5. The van der Waals surface area contributed by atoms with Crippen LogP contribution in [-0.4, -0.2) is 30.7 Å². The molecule has 9 heteroatoms. The van der Waals surface area contributed by atoms with Gasteiger partial charge >= 0.3 is 0 Å². The van der Waals surface area contributed by atoms with Crippen LogP contribution in [0.1, 0.15) is 71.8 Å². The van der Waals surface area contributed by atoms with Gasteiger partial charge in [0.15, 0.2) is 29.7 Å². The fraction of sp³-hybridized carbons (Fsp3) is 0.424. The van der Waals surface area contributed by atoms with E-state index in [4.69, 9.17) is 37.4 Å². The van der Waals surface area contributed by atoms with E-state index in [1.165, 1.54) is 0 Å². The summed E-state index contributed by atoms with van der Waals surface area (Å²) in [6.45, 7) is 10.0. The zero-order valence-corrected chi connectivity index (χ0v) is 26.0. The Hall–Kier alpha value is -3.29. The summed E-state index contributed by atoms with van der Waals surface area (Å²) in [6.07, 6.45) is 1.88. The van der Waals surface area contributed by atoms with Gasteiger partial charge in [-0.25, -0.2) is 0 Å². The second-order valence-electron chi connectivity index (χ2n) is 12.7. The van der Waals surface area contributed by atoms with E-state index in [9.17, 15) is 14.4 Å². The molecule has 2 aromatic rings. The number of carbonyl (C=O) groups is 3.